The van der Waals surface area contributed by atoms with Gasteiger partial charge in [-0.05, 0) is 44.4 Å². The predicted octanol–water partition coefficient (Wildman–Crippen LogP) is 1.76. The minimum Gasteiger partial charge on any atom is -0.481 e. The van der Waals surface area contributed by atoms with Crippen molar-refractivity contribution in [1.82, 2.24) is 4.90 Å². The average Bonchev–Trinajstić information content (AvgIpc) is 2.83. The minimum atomic E-state index is -0.753. The lowest BCUT2D eigenvalue weighted by Crippen LogP contribution is -2.47. The van der Waals surface area contributed by atoms with Gasteiger partial charge in [0.1, 0.15) is 0 Å². The monoisotopic (exact) mass is 302 g/mol. The van der Waals surface area contributed by atoms with Gasteiger partial charge in [-0.15, -0.1) is 0 Å². The zero-order valence-electron chi connectivity index (χ0n) is 12.9. The highest BCUT2D eigenvalue weighted by Gasteiger charge is 2.33. The first kappa shape index (κ1) is 15.0. The highest BCUT2D eigenvalue weighted by Crippen LogP contribution is 2.32. The van der Waals surface area contributed by atoms with E-state index in [1.54, 1.807) is 0 Å². The van der Waals surface area contributed by atoms with Gasteiger partial charge in [0.2, 0.25) is 5.91 Å². The van der Waals surface area contributed by atoms with E-state index in [2.05, 4.69) is 13.0 Å². The fourth-order valence-electron chi connectivity index (χ4n) is 3.61. The van der Waals surface area contributed by atoms with Gasteiger partial charge < -0.3 is 10.0 Å². The summed E-state index contributed by atoms with van der Waals surface area (Å²) in [5.41, 5.74) is 2.22. The number of hydrogen-bond donors (Lipinski definition) is 1. The smallest absolute Gasteiger partial charge is 0.307 e. The summed E-state index contributed by atoms with van der Waals surface area (Å²) in [6, 6.07) is 8.19. The van der Waals surface area contributed by atoms with Crippen molar-refractivity contribution < 1.29 is 14.7 Å². The highest BCUT2D eigenvalue weighted by molar-refractivity contribution is 5.97. The molecule has 0 aromatic heterocycles. The first-order chi connectivity index (χ1) is 10.6. The van der Waals surface area contributed by atoms with Crippen LogP contribution in [-0.4, -0.2) is 47.6 Å². The van der Waals surface area contributed by atoms with Crippen LogP contribution < -0.4 is 4.90 Å². The van der Waals surface area contributed by atoms with Gasteiger partial charge in [-0.1, -0.05) is 18.2 Å². The molecule has 0 radical (unpaired) electrons. The van der Waals surface area contributed by atoms with Crippen LogP contribution in [0.4, 0.5) is 5.69 Å². The second-order valence-corrected chi connectivity index (χ2v) is 6.36. The lowest BCUT2D eigenvalue weighted by atomic mass is 9.98. The Labute approximate surface area is 130 Å². The molecule has 1 amide bonds. The molecule has 2 atom stereocenters. The van der Waals surface area contributed by atoms with Crippen LogP contribution in [0.2, 0.25) is 0 Å². The van der Waals surface area contributed by atoms with Gasteiger partial charge in [0.15, 0.2) is 0 Å². The van der Waals surface area contributed by atoms with Crippen molar-refractivity contribution in [1.29, 1.82) is 0 Å². The van der Waals surface area contributed by atoms with Crippen LogP contribution in [0.25, 0.3) is 0 Å². The number of piperidine rings is 1. The average molecular weight is 302 g/mol. The van der Waals surface area contributed by atoms with Crippen molar-refractivity contribution in [2.24, 2.45) is 5.92 Å². The molecule has 1 N–H and O–H groups in total. The molecular weight excluding hydrogens is 280 g/mol. The van der Waals surface area contributed by atoms with Gasteiger partial charge >= 0.3 is 5.97 Å². The number of carbonyl (C=O) groups excluding carboxylic acids is 1. The Hall–Kier alpha value is -1.88. The molecule has 1 aromatic carbocycles. The van der Waals surface area contributed by atoms with Gasteiger partial charge in [-0.25, -0.2) is 0 Å². The van der Waals surface area contributed by atoms with E-state index in [4.69, 9.17) is 5.11 Å². The van der Waals surface area contributed by atoms with Crippen LogP contribution >= 0.6 is 0 Å². The summed E-state index contributed by atoms with van der Waals surface area (Å²) in [6.45, 7) is 3.65. The minimum absolute atomic E-state index is 0.0727. The second kappa shape index (κ2) is 6.08. The first-order valence-electron chi connectivity index (χ1n) is 7.91. The maximum absolute atomic E-state index is 12.7. The van der Waals surface area contributed by atoms with Gasteiger partial charge in [0, 0.05) is 18.3 Å². The first-order valence-corrected chi connectivity index (χ1v) is 7.91. The molecule has 22 heavy (non-hydrogen) atoms. The molecule has 0 saturated carbocycles. The Kier molecular flexibility index (Phi) is 4.16. The molecule has 1 fully saturated rings. The number of fused-ring (bicyclic) bond motifs is 1. The molecule has 1 saturated heterocycles. The fourth-order valence-corrected chi connectivity index (χ4v) is 3.61. The zero-order valence-corrected chi connectivity index (χ0v) is 12.9. The van der Waals surface area contributed by atoms with Crippen LogP contribution in [0.5, 0.6) is 0 Å². The van der Waals surface area contributed by atoms with Crippen molar-refractivity contribution in [2.45, 2.75) is 32.2 Å². The van der Waals surface area contributed by atoms with Gasteiger partial charge in [0.05, 0.1) is 12.5 Å². The third kappa shape index (κ3) is 2.86. The summed E-state index contributed by atoms with van der Waals surface area (Å²) in [5, 5.41) is 9.15. The van der Waals surface area contributed by atoms with E-state index in [0.29, 0.717) is 19.5 Å². The fraction of sp³-hybridized carbons (Fsp3) is 0.529. The standard InChI is InChI=1S/C17H22N2O3/c1-12-9-13-5-2-3-7-15(13)19(12)16(20)11-18-8-4-6-14(10-18)17(21)22/h2-3,5,7,12,14H,4,6,8-11H2,1H3,(H,21,22). The number of anilines is 1. The summed E-state index contributed by atoms with van der Waals surface area (Å²) in [6.07, 6.45) is 2.44. The van der Waals surface area contributed by atoms with Crippen LogP contribution in [0, 0.1) is 5.92 Å². The Morgan fingerprint density at radius 3 is 2.86 bits per heavy atom. The SMILES string of the molecule is CC1Cc2ccccc2N1C(=O)CN1CCCC(C(=O)O)C1. The Bertz CT molecular complexity index is 587. The van der Waals surface area contributed by atoms with Crippen molar-refractivity contribution in [2.75, 3.05) is 24.5 Å². The largest absolute Gasteiger partial charge is 0.481 e. The number of carboxylic acids is 1. The summed E-state index contributed by atoms with van der Waals surface area (Å²) in [4.78, 5) is 27.7. The number of likely N-dealkylation sites (tertiary alicyclic amines) is 1. The topological polar surface area (TPSA) is 60.9 Å². The van der Waals surface area contributed by atoms with E-state index in [0.717, 1.165) is 25.1 Å². The van der Waals surface area contributed by atoms with Crippen molar-refractivity contribution in [3.8, 4) is 0 Å². The molecule has 0 bridgehead atoms. The molecule has 5 heteroatoms. The van der Waals surface area contributed by atoms with E-state index >= 15 is 0 Å². The number of rotatable bonds is 3. The number of hydrogen-bond acceptors (Lipinski definition) is 3. The molecule has 1 aromatic rings. The number of para-hydroxylation sites is 1. The number of aliphatic carboxylic acids is 1. The number of amides is 1. The molecule has 2 unspecified atom stereocenters. The maximum Gasteiger partial charge on any atom is 0.307 e. The molecule has 0 spiro atoms. The molecule has 2 aliphatic rings. The molecule has 3 rings (SSSR count). The van der Waals surface area contributed by atoms with Gasteiger partial charge in [-0.2, -0.15) is 0 Å². The number of benzene rings is 1. The quantitative estimate of drug-likeness (QED) is 0.924. The van der Waals surface area contributed by atoms with Gasteiger partial charge in [0.25, 0.3) is 0 Å². The lowest BCUT2D eigenvalue weighted by Gasteiger charge is -2.32. The molecule has 2 heterocycles. The summed E-state index contributed by atoms with van der Waals surface area (Å²) < 4.78 is 0. The van der Waals surface area contributed by atoms with E-state index < -0.39 is 5.97 Å². The highest BCUT2D eigenvalue weighted by atomic mass is 16.4. The van der Waals surface area contributed by atoms with Crippen molar-refractivity contribution >= 4 is 17.6 Å². The Morgan fingerprint density at radius 2 is 2.09 bits per heavy atom. The number of carbonyl (C=O) groups is 2. The third-order valence-electron chi connectivity index (χ3n) is 4.69. The number of nitrogens with zero attached hydrogens (tertiary/aromatic N) is 2. The summed E-state index contributed by atoms with van der Waals surface area (Å²) in [7, 11) is 0. The normalized spacial score (nSPS) is 25.0. The molecular formula is C17H22N2O3. The Balaban J connectivity index is 1.68. The van der Waals surface area contributed by atoms with Crippen LogP contribution in [0.3, 0.4) is 0 Å². The Morgan fingerprint density at radius 1 is 1.32 bits per heavy atom. The van der Waals surface area contributed by atoms with Crippen LogP contribution in [0.15, 0.2) is 24.3 Å². The summed E-state index contributed by atoms with van der Waals surface area (Å²) >= 11 is 0. The summed E-state index contributed by atoms with van der Waals surface area (Å²) in [5.74, 6) is -1.02. The zero-order chi connectivity index (χ0) is 15.7. The van der Waals surface area contributed by atoms with E-state index in [-0.39, 0.29) is 17.9 Å². The molecule has 118 valence electrons. The van der Waals surface area contributed by atoms with Crippen LogP contribution in [-0.2, 0) is 16.0 Å². The lowest BCUT2D eigenvalue weighted by molar-refractivity contribution is -0.144. The van der Waals surface area contributed by atoms with Crippen molar-refractivity contribution in [3.63, 3.8) is 0 Å². The predicted molar refractivity (Wildman–Crippen MR) is 83.9 cm³/mol. The van der Waals surface area contributed by atoms with Gasteiger partial charge in [-0.3, -0.25) is 14.5 Å². The van der Waals surface area contributed by atoms with E-state index in [1.165, 1.54) is 5.56 Å². The second-order valence-electron chi connectivity index (χ2n) is 6.36. The molecule has 2 aliphatic heterocycles. The number of carboxylic acid groups (broad SMARTS) is 1. The van der Waals surface area contributed by atoms with Crippen LogP contribution in [0.1, 0.15) is 25.3 Å². The maximum atomic E-state index is 12.7. The third-order valence-corrected chi connectivity index (χ3v) is 4.69. The molecule has 5 nitrogen and oxygen atoms in total. The molecule has 0 aliphatic carbocycles. The van der Waals surface area contributed by atoms with E-state index in [1.807, 2.05) is 28.0 Å². The van der Waals surface area contributed by atoms with E-state index in [9.17, 15) is 9.59 Å². The van der Waals surface area contributed by atoms with Crippen molar-refractivity contribution in [3.05, 3.63) is 29.8 Å².